The Morgan fingerprint density at radius 1 is 1.33 bits per heavy atom. The van der Waals surface area contributed by atoms with E-state index in [4.69, 9.17) is 0 Å². The summed E-state index contributed by atoms with van der Waals surface area (Å²) in [5.41, 5.74) is 1.56. The second-order valence-corrected chi connectivity index (χ2v) is 12.0. The molecule has 1 fully saturated rings. The highest BCUT2D eigenvalue weighted by Gasteiger charge is 2.35. The van der Waals surface area contributed by atoms with Gasteiger partial charge in [0.25, 0.3) is 0 Å². The first-order valence-corrected chi connectivity index (χ1v) is 10.4. The number of rotatable bonds is 3. The van der Waals surface area contributed by atoms with Crippen molar-refractivity contribution in [2.75, 3.05) is 19.1 Å². The quantitative estimate of drug-likeness (QED) is 0.751. The number of allylic oxidation sites excluding steroid dienone is 1. The molecule has 1 saturated carbocycles. The lowest BCUT2D eigenvalue weighted by Gasteiger charge is -2.23. The molecule has 0 aromatic rings. The smallest absolute Gasteiger partial charge is 0.0974 e. The number of nitrogens with one attached hydrogen (secondary N) is 1. The van der Waals surface area contributed by atoms with Crippen molar-refractivity contribution in [2.45, 2.75) is 44.6 Å². The van der Waals surface area contributed by atoms with Crippen molar-refractivity contribution in [1.82, 2.24) is 5.32 Å². The molecule has 0 bridgehead atoms. The summed E-state index contributed by atoms with van der Waals surface area (Å²) in [6.07, 6.45) is 12.1. The molecule has 0 saturated heterocycles. The molecule has 0 amide bonds. The normalized spacial score (nSPS) is 32.8. The van der Waals surface area contributed by atoms with E-state index in [9.17, 15) is 0 Å². The van der Waals surface area contributed by atoms with E-state index in [0.29, 0.717) is 0 Å². The lowest BCUT2D eigenvalue weighted by molar-refractivity contribution is 0.394. The van der Waals surface area contributed by atoms with E-state index in [1.807, 2.05) is 0 Å². The summed E-state index contributed by atoms with van der Waals surface area (Å²) in [7, 11) is 0. The van der Waals surface area contributed by atoms with Gasteiger partial charge in [-0.15, -0.1) is 0 Å². The maximum Gasteiger partial charge on any atom is 0.0974 e. The molecule has 0 aromatic heterocycles. The van der Waals surface area contributed by atoms with Crippen LogP contribution in [-0.4, -0.2) is 25.1 Å². The zero-order valence-electron chi connectivity index (χ0n) is 9.96. The second kappa shape index (κ2) is 5.10. The Morgan fingerprint density at radius 3 is 2.67 bits per heavy atom. The van der Waals surface area contributed by atoms with Crippen molar-refractivity contribution in [3.8, 4) is 0 Å². The lowest BCUT2D eigenvalue weighted by atomic mass is 9.95. The van der Waals surface area contributed by atoms with E-state index in [0.717, 1.165) is 6.04 Å². The molecule has 3 heteroatoms. The van der Waals surface area contributed by atoms with E-state index < -0.39 is 6.46 Å². The van der Waals surface area contributed by atoms with Crippen LogP contribution < -0.4 is 5.32 Å². The molecule has 2 aliphatic rings. The number of hydrogen-bond donors (Lipinski definition) is 1. The monoisotopic (exact) mass is 244 g/mol. The zero-order valence-corrected chi connectivity index (χ0v) is 11.7. The Labute approximate surface area is 98.6 Å². The number of hydrogen-bond acceptors (Lipinski definition) is 2. The minimum Gasteiger partial charge on any atom is -0.383 e. The largest absolute Gasteiger partial charge is 0.383 e. The van der Waals surface area contributed by atoms with Crippen LogP contribution in [0.2, 0.25) is 0 Å². The van der Waals surface area contributed by atoms with Crippen molar-refractivity contribution in [3.05, 3.63) is 11.5 Å². The molecule has 1 nitrogen and oxygen atoms in total. The van der Waals surface area contributed by atoms with E-state index >= 15 is 0 Å². The van der Waals surface area contributed by atoms with Crippen molar-refractivity contribution in [1.29, 1.82) is 0 Å². The molecular formula is C12H23NPS+. The molecule has 2 rings (SSSR count). The van der Waals surface area contributed by atoms with E-state index in [-0.39, 0.29) is 0 Å². The highest BCUT2D eigenvalue weighted by atomic mass is 32.7. The van der Waals surface area contributed by atoms with Gasteiger partial charge in [0.05, 0.1) is 30.8 Å². The van der Waals surface area contributed by atoms with Gasteiger partial charge in [0.1, 0.15) is 0 Å². The second-order valence-electron chi connectivity index (χ2n) is 4.96. The Kier molecular flexibility index (Phi) is 4.01. The Hall–Kier alpha value is 0.320. The molecular weight excluding hydrogens is 221 g/mol. The molecule has 1 aliphatic heterocycles. The van der Waals surface area contributed by atoms with E-state index in [2.05, 4.69) is 35.4 Å². The lowest BCUT2D eigenvalue weighted by Crippen LogP contribution is -2.29. The zero-order chi connectivity index (χ0) is 10.7. The maximum atomic E-state index is 3.78. The third-order valence-corrected chi connectivity index (χ3v) is 9.84. The summed E-state index contributed by atoms with van der Waals surface area (Å²) < 4.78 is 0. The molecule has 0 aromatic carbocycles. The van der Waals surface area contributed by atoms with Crippen LogP contribution in [0.3, 0.4) is 0 Å². The summed E-state index contributed by atoms with van der Waals surface area (Å²) in [5.74, 6) is 2.58. The molecule has 15 heavy (non-hydrogen) atoms. The van der Waals surface area contributed by atoms with Crippen LogP contribution >= 0.6 is 17.8 Å². The molecule has 1 N–H and O–H groups in total. The van der Waals surface area contributed by atoms with Crippen LogP contribution in [0.4, 0.5) is 0 Å². The van der Waals surface area contributed by atoms with Crippen LogP contribution in [0.15, 0.2) is 11.5 Å². The highest BCUT2D eigenvalue weighted by Crippen LogP contribution is 2.71. The minimum atomic E-state index is -0.733. The van der Waals surface area contributed by atoms with Crippen molar-refractivity contribution in [2.24, 2.45) is 0 Å². The maximum absolute atomic E-state index is 3.78. The predicted molar refractivity (Wildman–Crippen MR) is 73.9 cm³/mol. The van der Waals surface area contributed by atoms with Gasteiger partial charge in [-0.3, -0.25) is 0 Å². The van der Waals surface area contributed by atoms with Crippen molar-refractivity contribution in [3.63, 3.8) is 0 Å². The van der Waals surface area contributed by atoms with Gasteiger partial charge >= 0.3 is 0 Å². The fourth-order valence-electron chi connectivity index (χ4n) is 2.56. The molecule has 0 spiro atoms. The van der Waals surface area contributed by atoms with Gasteiger partial charge in [-0.2, -0.15) is 0 Å². The average Bonchev–Trinajstić information content (AvgIpc) is 2.63. The van der Waals surface area contributed by atoms with Crippen molar-refractivity contribution < 1.29 is 0 Å². The van der Waals surface area contributed by atoms with Gasteiger partial charge < -0.3 is 5.32 Å². The van der Waals surface area contributed by atoms with Crippen LogP contribution in [-0.2, 0) is 0 Å². The van der Waals surface area contributed by atoms with Gasteiger partial charge in [-0.05, 0) is 12.8 Å². The summed E-state index contributed by atoms with van der Waals surface area (Å²) in [5, 5.41) is 3.78. The summed E-state index contributed by atoms with van der Waals surface area (Å²) in [4.78, 5) is 0. The molecule has 1 unspecified atom stereocenters. The van der Waals surface area contributed by atoms with Crippen LogP contribution in [0.5, 0.6) is 0 Å². The first-order valence-electron chi connectivity index (χ1n) is 6.11. The van der Waals surface area contributed by atoms with Gasteiger partial charge in [-0.1, -0.05) is 19.3 Å². The molecule has 0 radical (unpaired) electrons. The Morgan fingerprint density at radius 2 is 2.07 bits per heavy atom. The molecule has 1 heterocycles. The summed E-state index contributed by atoms with van der Waals surface area (Å²) in [6, 6.07) is 0.790. The fourth-order valence-corrected chi connectivity index (χ4v) is 6.05. The van der Waals surface area contributed by atoms with Crippen molar-refractivity contribution >= 4 is 17.8 Å². The third kappa shape index (κ3) is 3.14. The van der Waals surface area contributed by atoms with Crippen LogP contribution in [0, 0.1) is 0 Å². The van der Waals surface area contributed by atoms with Crippen LogP contribution in [0.25, 0.3) is 0 Å². The fraction of sp³-hybridized carbons (Fsp3) is 0.833. The third-order valence-electron chi connectivity index (χ3n) is 3.67. The van der Waals surface area contributed by atoms with E-state index in [1.165, 1.54) is 44.7 Å². The topological polar surface area (TPSA) is 12.0 Å². The SMILES string of the molecule is CS[P+]1(C)C=C(NC2CCCCC2)CC1. The summed E-state index contributed by atoms with van der Waals surface area (Å²) in [6.45, 7) is 1.73. The highest BCUT2D eigenvalue weighted by molar-refractivity contribution is 8.63. The molecule has 86 valence electrons. The van der Waals surface area contributed by atoms with Gasteiger partial charge in [0, 0.05) is 30.1 Å². The Balaban J connectivity index is 1.87. The standard InChI is InChI=1S/C12H23NPS/c1-14(15-2)9-8-12(10-14)13-11-6-4-3-5-7-11/h10-11,13H,3-9H2,1-2H3/q+1. The van der Waals surface area contributed by atoms with E-state index in [1.54, 1.807) is 5.70 Å². The molecule has 1 atom stereocenters. The van der Waals surface area contributed by atoms with Crippen LogP contribution in [0.1, 0.15) is 38.5 Å². The minimum absolute atomic E-state index is 0.733. The molecule has 1 aliphatic carbocycles. The first-order chi connectivity index (χ1) is 7.22. The van der Waals surface area contributed by atoms with Gasteiger partial charge in [0.15, 0.2) is 0 Å². The average molecular weight is 244 g/mol. The summed E-state index contributed by atoms with van der Waals surface area (Å²) >= 11 is 2.10. The Bertz CT molecular complexity index is 248. The first kappa shape index (κ1) is 11.8. The predicted octanol–water partition coefficient (Wildman–Crippen LogP) is 4.08. The van der Waals surface area contributed by atoms with Gasteiger partial charge in [-0.25, -0.2) is 0 Å². The van der Waals surface area contributed by atoms with Gasteiger partial charge in [0.2, 0.25) is 0 Å².